The summed E-state index contributed by atoms with van der Waals surface area (Å²) in [5.74, 6) is 1.44. The molecule has 3 aromatic rings. The number of unbranched alkanes of at least 4 members (excludes halogenated alkanes) is 11. The van der Waals surface area contributed by atoms with Gasteiger partial charge in [-0.2, -0.15) is 0 Å². The fourth-order valence-electron chi connectivity index (χ4n) is 5.30. The third kappa shape index (κ3) is 14.1. The van der Waals surface area contributed by atoms with Gasteiger partial charge >= 0.3 is 5.97 Å². The van der Waals surface area contributed by atoms with Crippen LogP contribution in [0.15, 0.2) is 66.7 Å². The SMILES string of the molecule is CCCCCCCCCCCCOc1ccc(OC(=O)c2ccc(-c3ccc(OCCCCCC(C)CC)c(F)c3)cc2)cc1. The van der Waals surface area contributed by atoms with E-state index in [0.717, 1.165) is 42.1 Å². The van der Waals surface area contributed by atoms with Gasteiger partial charge in [0.05, 0.1) is 18.8 Å². The van der Waals surface area contributed by atoms with Crippen LogP contribution in [0.5, 0.6) is 17.2 Å². The van der Waals surface area contributed by atoms with Crippen LogP contribution in [-0.2, 0) is 0 Å². The number of hydrogen-bond acceptors (Lipinski definition) is 4. The zero-order valence-electron chi connectivity index (χ0n) is 28.0. The van der Waals surface area contributed by atoms with Crippen LogP contribution in [0.2, 0.25) is 0 Å². The summed E-state index contributed by atoms with van der Waals surface area (Å²) in [6.07, 6.45) is 18.6. The van der Waals surface area contributed by atoms with Crippen molar-refractivity contribution >= 4 is 5.97 Å². The highest BCUT2D eigenvalue weighted by atomic mass is 19.1. The number of benzene rings is 3. The Morgan fingerprint density at radius 1 is 0.644 bits per heavy atom. The van der Waals surface area contributed by atoms with Gasteiger partial charge in [0, 0.05) is 0 Å². The first-order chi connectivity index (χ1) is 22.0. The van der Waals surface area contributed by atoms with E-state index in [-0.39, 0.29) is 11.6 Å². The molecule has 0 bridgehead atoms. The van der Waals surface area contributed by atoms with E-state index in [4.69, 9.17) is 14.2 Å². The van der Waals surface area contributed by atoms with Gasteiger partial charge in [-0.3, -0.25) is 0 Å². The van der Waals surface area contributed by atoms with Crippen molar-refractivity contribution in [3.63, 3.8) is 0 Å². The van der Waals surface area contributed by atoms with Gasteiger partial charge in [0.1, 0.15) is 11.5 Å². The van der Waals surface area contributed by atoms with Gasteiger partial charge in [-0.1, -0.05) is 122 Å². The van der Waals surface area contributed by atoms with Crippen molar-refractivity contribution in [3.8, 4) is 28.4 Å². The fourth-order valence-corrected chi connectivity index (χ4v) is 5.30. The number of esters is 1. The predicted octanol–water partition coefficient (Wildman–Crippen LogP) is 12.0. The molecule has 0 aliphatic carbocycles. The smallest absolute Gasteiger partial charge is 0.343 e. The molecular formula is C40H55FO4. The molecule has 3 rings (SSSR count). The molecule has 0 saturated heterocycles. The van der Waals surface area contributed by atoms with Gasteiger partial charge in [0.25, 0.3) is 0 Å². The summed E-state index contributed by atoms with van der Waals surface area (Å²) >= 11 is 0. The Labute approximate surface area is 271 Å². The van der Waals surface area contributed by atoms with Crippen LogP contribution in [0.4, 0.5) is 4.39 Å². The summed E-state index contributed by atoms with van der Waals surface area (Å²) in [5, 5.41) is 0. The van der Waals surface area contributed by atoms with Crippen molar-refractivity contribution in [1.29, 1.82) is 0 Å². The van der Waals surface area contributed by atoms with Gasteiger partial charge < -0.3 is 14.2 Å². The minimum atomic E-state index is -0.445. The van der Waals surface area contributed by atoms with Crippen LogP contribution >= 0.6 is 0 Å². The van der Waals surface area contributed by atoms with Gasteiger partial charge in [0.2, 0.25) is 0 Å². The van der Waals surface area contributed by atoms with Crippen LogP contribution in [0.1, 0.15) is 127 Å². The van der Waals surface area contributed by atoms with Gasteiger partial charge in [-0.25, -0.2) is 9.18 Å². The van der Waals surface area contributed by atoms with Crippen molar-refractivity contribution in [1.82, 2.24) is 0 Å². The van der Waals surface area contributed by atoms with E-state index in [1.807, 2.05) is 18.2 Å². The Bertz CT molecular complexity index is 1220. The maximum absolute atomic E-state index is 14.7. The lowest BCUT2D eigenvalue weighted by molar-refractivity contribution is 0.0734. The molecular weight excluding hydrogens is 563 g/mol. The van der Waals surface area contributed by atoms with E-state index in [2.05, 4.69) is 20.8 Å². The molecule has 0 aliphatic heterocycles. The zero-order chi connectivity index (χ0) is 32.1. The average Bonchev–Trinajstić information content (AvgIpc) is 3.06. The first kappa shape index (κ1) is 36.1. The fraction of sp³-hybridized carbons (Fsp3) is 0.525. The Morgan fingerprint density at radius 2 is 1.20 bits per heavy atom. The maximum Gasteiger partial charge on any atom is 0.343 e. The molecule has 0 aliphatic rings. The predicted molar refractivity (Wildman–Crippen MR) is 184 cm³/mol. The topological polar surface area (TPSA) is 44.8 Å². The second kappa shape index (κ2) is 21.4. The average molecular weight is 619 g/mol. The zero-order valence-corrected chi connectivity index (χ0v) is 28.0. The van der Waals surface area contributed by atoms with Gasteiger partial charge in [0.15, 0.2) is 11.6 Å². The first-order valence-corrected chi connectivity index (χ1v) is 17.5. The van der Waals surface area contributed by atoms with Crippen molar-refractivity contribution in [3.05, 3.63) is 78.1 Å². The molecule has 3 aromatic carbocycles. The molecule has 1 unspecified atom stereocenters. The summed E-state index contributed by atoms with van der Waals surface area (Å²) in [6, 6.07) is 19.2. The standard InChI is InChI=1S/C40H55FO4/c1-4-6-7-8-9-10-11-12-13-16-29-43-36-24-26-37(27-25-36)45-40(42)34-21-19-33(20-22-34)35-23-28-39(38(41)31-35)44-30-17-14-15-18-32(3)5-2/h19-28,31-32H,4-18,29-30H2,1-3H3. The van der Waals surface area contributed by atoms with Crippen LogP contribution in [0.25, 0.3) is 11.1 Å². The third-order valence-electron chi connectivity index (χ3n) is 8.48. The van der Waals surface area contributed by atoms with Crippen molar-refractivity contribution in [2.75, 3.05) is 13.2 Å². The van der Waals surface area contributed by atoms with Crippen LogP contribution in [0.3, 0.4) is 0 Å². The molecule has 0 N–H and O–H groups in total. The quantitative estimate of drug-likeness (QED) is 0.0602. The Balaban J connectivity index is 1.35. The molecule has 0 aromatic heterocycles. The summed E-state index contributed by atoms with van der Waals surface area (Å²) in [6.45, 7) is 7.97. The molecule has 45 heavy (non-hydrogen) atoms. The molecule has 1 atom stereocenters. The van der Waals surface area contributed by atoms with Crippen LogP contribution in [-0.4, -0.2) is 19.2 Å². The second-order valence-corrected chi connectivity index (χ2v) is 12.3. The van der Waals surface area contributed by atoms with Crippen LogP contribution in [0, 0.1) is 11.7 Å². The highest BCUT2D eigenvalue weighted by Gasteiger charge is 2.11. The minimum Gasteiger partial charge on any atom is -0.494 e. The lowest BCUT2D eigenvalue weighted by Crippen LogP contribution is -2.08. The van der Waals surface area contributed by atoms with Crippen molar-refractivity contribution in [2.45, 2.75) is 117 Å². The first-order valence-electron chi connectivity index (χ1n) is 17.5. The molecule has 5 heteroatoms. The summed E-state index contributed by atoms with van der Waals surface area (Å²) in [7, 11) is 0. The summed E-state index contributed by atoms with van der Waals surface area (Å²) in [5.41, 5.74) is 1.96. The normalized spacial score (nSPS) is 11.7. The molecule has 0 amide bonds. The van der Waals surface area contributed by atoms with E-state index >= 15 is 0 Å². The highest BCUT2D eigenvalue weighted by molar-refractivity contribution is 5.91. The number of carbonyl (C=O) groups is 1. The van der Waals surface area contributed by atoms with E-state index in [1.165, 1.54) is 83.1 Å². The lowest BCUT2D eigenvalue weighted by atomic mass is 10.0. The molecule has 246 valence electrons. The van der Waals surface area contributed by atoms with Gasteiger partial charge in [-0.05, 0) is 78.4 Å². The molecule has 0 fully saturated rings. The molecule has 4 nitrogen and oxygen atoms in total. The number of carbonyl (C=O) groups excluding carboxylic acids is 1. The van der Waals surface area contributed by atoms with E-state index < -0.39 is 5.97 Å². The monoisotopic (exact) mass is 618 g/mol. The number of rotatable bonds is 23. The summed E-state index contributed by atoms with van der Waals surface area (Å²) < 4.78 is 31.8. The molecule has 0 heterocycles. The Kier molecular flexibility index (Phi) is 17.2. The van der Waals surface area contributed by atoms with Crippen molar-refractivity contribution < 1.29 is 23.4 Å². The second-order valence-electron chi connectivity index (χ2n) is 12.3. The van der Waals surface area contributed by atoms with Crippen molar-refractivity contribution in [2.24, 2.45) is 5.92 Å². The minimum absolute atomic E-state index is 0.274. The molecule has 0 radical (unpaired) electrons. The largest absolute Gasteiger partial charge is 0.494 e. The van der Waals surface area contributed by atoms with E-state index in [1.54, 1.807) is 42.5 Å². The van der Waals surface area contributed by atoms with Crippen LogP contribution < -0.4 is 14.2 Å². The molecule has 0 saturated carbocycles. The highest BCUT2D eigenvalue weighted by Crippen LogP contribution is 2.27. The van der Waals surface area contributed by atoms with Gasteiger partial charge in [-0.15, -0.1) is 0 Å². The number of hydrogen-bond donors (Lipinski definition) is 0. The third-order valence-corrected chi connectivity index (χ3v) is 8.48. The number of halogens is 1. The summed E-state index contributed by atoms with van der Waals surface area (Å²) in [4.78, 5) is 12.7. The Hall–Kier alpha value is -3.34. The maximum atomic E-state index is 14.7. The number of ether oxygens (including phenoxy) is 3. The van der Waals surface area contributed by atoms with E-state index in [9.17, 15) is 9.18 Å². The molecule has 0 spiro atoms. The lowest BCUT2D eigenvalue weighted by Gasteiger charge is -2.11. The Morgan fingerprint density at radius 3 is 1.82 bits per heavy atom. The van der Waals surface area contributed by atoms with E-state index in [0.29, 0.717) is 24.5 Å².